The van der Waals surface area contributed by atoms with Crippen molar-refractivity contribution in [1.29, 1.82) is 0 Å². The molecule has 2 aliphatic heterocycles. The molecule has 0 aromatic carbocycles. The molecule has 0 unspecified atom stereocenters. The Hall–Kier alpha value is -0.200. The van der Waals surface area contributed by atoms with E-state index in [-0.39, 0.29) is 12.7 Å². The Morgan fingerprint density at radius 3 is 2.64 bits per heavy atom. The Balaban J connectivity index is 2.08. The van der Waals surface area contributed by atoms with Crippen LogP contribution in [0.5, 0.6) is 0 Å². The third-order valence-electron chi connectivity index (χ3n) is 2.59. The lowest BCUT2D eigenvalue weighted by molar-refractivity contribution is -0.346. The maximum Gasteiger partial charge on any atom is 0.163 e. The fraction of sp³-hybridized carbons (Fsp3) is 1.00. The Morgan fingerprint density at radius 1 is 1.21 bits per heavy atom. The highest BCUT2D eigenvalue weighted by atomic mass is 16.7. The molecule has 4 atom stereocenters. The van der Waals surface area contributed by atoms with Crippen LogP contribution in [0.4, 0.5) is 0 Å². The normalized spacial score (nSPS) is 47.1. The number of hydrogen-bond donors (Lipinski definition) is 2. The molecule has 2 heterocycles. The molecule has 0 amide bonds. The van der Waals surface area contributed by atoms with E-state index in [2.05, 4.69) is 0 Å². The summed E-state index contributed by atoms with van der Waals surface area (Å²) in [5, 5.41) is 19.1. The molecule has 0 spiro atoms. The Kier molecular flexibility index (Phi) is 2.53. The fourth-order valence-electron chi connectivity index (χ4n) is 1.79. The summed E-state index contributed by atoms with van der Waals surface area (Å²) in [7, 11) is 0. The van der Waals surface area contributed by atoms with Gasteiger partial charge < -0.3 is 24.4 Å². The minimum atomic E-state index is -0.892. The second-order valence-corrected chi connectivity index (χ2v) is 4.22. The molecular weight excluding hydrogens is 188 g/mol. The summed E-state index contributed by atoms with van der Waals surface area (Å²) in [5.41, 5.74) is 0. The Bertz CT molecular complexity index is 215. The third kappa shape index (κ3) is 1.78. The van der Waals surface area contributed by atoms with Gasteiger partial charge in [-0.2, -0.15) is 0 Å². The van der Waals surface area contributed by atoms with Crippen molar-refractivity contribution >= 4 is 0 Å². The maximum atomic E-state index is 9.69. The minimum Gasteiger partial charge on any atom is -0.388 e. The standard InChI is InChI=1S/C9H16O5/c1-9(2)13-4-6-8(14-9)7(11)5(10)3-12-6/h5-8,10-11H,3-4H2,1-2H3/t5-,6+,7+,8-/m0/s1. The molecular formula is C9H16O5. The van der Waals surface area contributed by atoms with Crippen molar-refractivity contribution in [3.8, 4) is 0 Å². The van der Waals surface area contributed by atoms with Gasteiger partial charge in [-0.3, -0.25) is 0 Å². The predicted octanol–water partition coefficient (Wildman–Crippen LogP) is -0.742. The highest BCUT2D eigenvalue weighted by Crippen LogP contribution is 2.29. The first-order valence-electron chi connectivity index (χ1n) is 4.79. The molecule has 2 aliphatic rings. The monoisotopic (exact) mass is 204 g/mol. The Morgan fingerprint density at radius 2 is 1.93 bits per heavy atom. The molecule has 2 rings (SSSR count). The quantitative estimate of drug-likeness (QED) is 0.544. The smallest absolute Gasteiger partial charge is 0.163 e. The van der Waals surface area contributed by atoms with Crippen molar-refractivity contribution < 1.29 is 24.4 Å². The van der Waals surface area contributed by atoms with E-state index < -0.39 is 24.1 Å². The van der Waals surface area contributed by atoms with Crippen LogP contribution in [-0.4, -0.2) is 53.6 Å². The lowest BCUT2D eigenvalue weighted by Crippen LogP contribution is -2.61. The van der Waals surface area contributed by atoms with E-state index in [0.29, 0.717) is 6.61 Å². The van der Waals surface area contributed by atoms with E-state index in [1.54, 1.807) is 13.8 Å². The van der Waals surface area contributed by atoms with Crippen LogP contribution in [0.1, 0.15) is 13.8 Å². The van der Waals surface area contributed by atoms with Crippen molar-refractivity contribution in [3.05, 3.63) is 0 Å². The minimum absolute atomic E-state index is 0.134. The van der Waals surface area contributed by atoms with Crippen LogP contribution in [0, 0.1) is 0 Å². The molecule has 0 aromatic heterocycles. The molecule has 0 bridgehead atoms. The molecule has 5 nitrogen and oxygen atoms in total. The summed E-state index contributed by atoms with van der Waals surface area (Å²) in [6.07, 6.45) is -2.54. The van der Waals surface area contributed by atoms with Crippen LogP contribution in [0.25, 0.3) is 0 Å². The average Bonchev–Trinajstić information content (AvgIpc) is 2.11. The first-order valence-corrected chi connectivity index (χ1v) is 4.79. The van der Waals surface area contributed by atoms with Crippen LogP contribution < -0.4 is 0 Å². The lowest BCUT2D eigenvalue weighted by atomic mass is 9.99. The summed E-state index contributed by atoms with van der Waals surface area (Å²) in [5.74, 6) is -0.720. The van der Waals surface area contributed by atoms with Gasteiger partial charge in [0.15, 0.2) is 5.79 Å². The third-order valence-corrected chi connectivity index (χ3v) is 2.59. The summed E-state index contributed by atoms with van der Waals surface area (Å²) in [6.45, 7) is 4.07. The van der Waals surface area contributed by atoms with Crippen molar-refractivity contribution in [1.82, 2.24) is 0 Å². The van der Waals surface area contributed by atoms with E-state index in [0.717, 1.165) is 0 Å². The molecule has 0 saturated carbocycles. The van der Waals surface area contributed by atoms with Gasteiger partial charge in [-0.05, 0) is 13.8 Å². The van der Waals surface area contributed by atoms with Crippen molar-refractivity contribution in [2.24, 2.45) is 0 Å². The number of fused-ring (bicyclic) bond motifs is 1. The maximum absolute atomic E-state index is 9.69. The van der Waals surface area contributed by atoms with E-state index in [9.17, 15) is 10.2 Å². The second-order valence-electron chi connectivity index (χ2n) is 4.22. The van der Waals surface area contributed by atoms with E-state index in [4.69, 9.17) is 14.2 Å². The van der Waals surface area contributed by atoms with Gasteiger partial charge in [0, 0.05) is 0 Å². The van der Waals surface area contributed by atoms with Gasteiger partial charge in [0.2, 0.25) is 0 Å². The number of ether oxygens (including phenoxy) is 3. The van der Waals surface area contributed by atoms with Gasteiger partial charge in [0.05, 0.1) is 13.2 Å². The SMILES string of the molecule is CC1(C)OC[C@H]2OC[C@H](O)[C@@H](O)[C@H]2O1. The van der Waals surface area contributed by atoms with Crippen molar-refractivity contribution in [3.63, 3.8) is 0 Å². The zero-order chi connectivity index (χ0) is 10.3. The highest BCUT2D eigenvalue weighted by Gasteiger charge is 2.46. The topological polar surface area (TPSA) is 68.2 Å². The number of aliphatic hydroxyl groups excluding tert-OH is 2. The van der Waals surface area contributed by atoms with Gasteiger partial charge in [-0.25, -0.2) is 0 Å². The lowest BCUT2D eigenvalue weighted by Gasteiger charge is -2.46. The molecule has 0 aromatic rings. The van der Waals surface area contributed by atoms with Gasteiger partial charge in [0.1, 0.15) is 24.4 Å². The summed E-state index contributed by atoms with van der Waals surface area (Å²) in [6, 6.07) is 0. The summed E-state index contributed by atoms with van der Waals surface area (Å²) in [4.78, 5) is 0. The highest BCUT2D eigenvalue weighted by molar-refractivity contribution is 4.91. The van der Waals surface area contributed by atoms with Crippen LogP contribution >= 0.6 is 0 Å². The van der Waals surface area contributed by atoms with Gasteiger partial charge >= 0.3 is 0 Å². The zero-order valence-electron chi connectivity index (χ0n) is 8.34. The first-order chi connectivity index (χ1) is 6.49. The van der Waals surface area contributed by atoms with Crippen LogP contribution in [0.2, 0.25) is 0 Å². The van der Waals surface area contributed by atoms with Gasteiger partial charge in [-0.1, -0.05) is 0 Å². The largest absolute Gasteiger partial charge is 0.388 e. The Labute approximate surface area is 82.6 Å². The molecule has 82 valence electrons. The molecule has 5 heteroatoms. The van der Waals surface area contributed by atoms with E-state index in [1.807, 2.05) is 0 Å². The molecule has 0 radical (unpaired) electrons. The van der Waals surface area contributed by atoms with Crippen molar-refractivity contribution in [2.45, 2.75) is 44.1 Å². The van der Waals surface area contributed by atoms with Crippen LogP contribution in [-0.2, 0) is 14.2 Å². The predicted molar refractivity (Wildman–Crippen MR) is 46.7 cm³/mol. The molecule has 14 heavy (non-hydrogen) atoms. The van der Waals surface area contributed by atoms with Crippen LogP contribution in [0.3, 0.4) is 0 Å². The number of aliphatic hydroxyl groups is 2. The van der Waals surface area contributed by atoms with E-state index in [1.165, 1.54) is 0 Å². The van der Waals surface area contributed by atoms with Crippen molar-refractivity contribution in [2.75, 3.05) is 13.2 Å². The molecule has 2 saturated heterocycles. The molecule has 2 N–H and O–H groups in total. The molecule has 2 fully saturated rings. The van der Waals surface area contributed by atoms with Gasteiger partial charge in [-0.15, -0.1) is 0 Å². The molecule has 0 aliphatic carbocycles. The second kappa shape index (κ2) is 3.43. The number of rotatable bonds is 0. The average molecular weight is 204 g/mol. The summed E-state index contributed by atoms with van der Waals surface area (Å²) < 4.78 is 16.2. The van der Waals surface area contributed by atoms with Gasteiger partial charge in [0.25, 0.3) is 0 Å². The van der Waals surface area contributed by atoms with E-state index >= 15 is 0 Å². The van der Waals surface area contributed by atoms with Crippen LogP contribution in [0.15, 0.2) is 0 Å². The number of hydrogen-bond acceptors (Lipinski definition) is 5. The first kappa shape index (κ1) is 10.3. The zero-order valence-corrected chi connectivity index (χ0v) is 8.34. The fourth-order valence-corrected chi connectivity index (χ4v) is 1.79. The summed E-state index contributed by atoms with van der Waals surface area (Å²) >= 11 is 0.